The molecule has 54 valence electrons. The summed E-state index contributed by atoms with van der Waals surface area (Å²) in [4.78, 5) is 0. The second-order valence-corrected chi connectivity index (χ2v) is 2.48. The first-order valence-electron chi connectivity index (χ1n) is 3.22. The maximum atomic E-state index is 12.3. The van der Waals surface area contributed by atoms with Crippen LogP contribution in [0.25, 0.3) is 0 Å². The molecule has 1 atom stereocenters. The summed E-state index contributed by atoms with van der Waals surface area (Å²) in [5.41, 5.74) is 0. The monoisotopic (exact) mass is 133 g/mol. The summed E-state index contributed by atoms with van der Waals surface area (Å²) < 4.78 is 17.2. The molecule has 0 aromatic heterocycles. The summed E-state index contributed by atoms with van der Waals surface area (Å²) in [6.45, 7) is 1.82. The molecule has 1 aliphatic heterocycles. The van der Waals surface area contributed by atoms with Crippen molar-refractivity contribution in [3.63, 3.8) is 0 Å². The normalized spacial score (nSPS) is 29.3. The molecule has 0 radical (unpaired) electrons. The second kappa shape index (κ2) is 3.13. The van der Waals surface area contributed by atoms with E-state index in [0.717, 1.165) is 11.5 Å². The van der Waals surface area contributed by atoms with Gasteiger partial charge in [0, 0.05) is 20.2 Å². The molecular weight excluding hydrogens is 121 g/mol. The van der Waals surface area contributed by atoms with Crippen molar-refractivity contribution in [2.24, 2.45) is 5.92 Å². The van der Waals surface area contributed by atoms with E-state index in [2.05, 4.69) is 0 Å². The van der Waals surface area contributed by atoms with Crippen molar-refractivity contribution in [2.45, 2.75) is 6.42 Å². The molecule has 0 N–H and O–H groups in total. The molecule has 0 aromatic rings. The Hall–Kier alpha value is -0.150. The van der Waals surface area contributed by atoms with E-state index in [4.69, 9.17) is 4.74 Å². The van der Waals surface area contributed by atoms with Crippen molar-refractivity contribution in [3.05, 3.63) is 0 Å². The summed E-state index contributed by atoms with van der Waals surface area (Å²) in [5, 5.41) is 0.851. The number of methoxy groups -OCH3 is 1. The third-order valence-electron chi connectivity index (χ3n) is 1.64. The van der Waals surface area contributed by atoms with E-state index < -0.39 is 0 Å². The number of ether oxygens (including phenoxy) is 1. The first kappa shape index (κ1) is 6.96. The van der Waals surface area contributed by atoms with Gasteiger partial charge in [-0.05, 0) is 12.3 Å². The van der Waals surface area contributed by atoms with Gasteiger partial charge in [-0.1, -0.05) is 0 Å². The molecule has 0 spiro atoms. The molecular formula is C6H12FNO. The molecule has 0 aliphatic carbocycles. The summed E-state index contributed by atoms with van der Waals surface area (Å²) in [6.07, 6.45) is 0.935. The Balaban J connectivity index is 2.14. The van der Waals surface area contributed by atoms with E-state index in [-0.39, 0.29) is 0 Å². The van der Waals surface area contributed by atoms with Crippen LogP contribution in [0.15, 0.2) is 0 Å². The van der Waals surface area contributed by atoms with Gasteiger partial charge in [0.2, 0.25) is 0 Å². The lowest BCUT2D eigenvalue weighted by molar-refractivity contribution is 0.0449. The van der Waals surface area contributed by atoms with Gasteiger partial charge in [0.05, 0.1) is 6.61 Å². The van der Waals surface area contributed by atoms with E-state index in [0.29, 0.717) is 25.6 Å². The molecule has 1 unspecified atom stereocenters. The molecule has 1 fully saturated rings. The van der Waals surface area contributed by atoms with Crippen molar-refractivity contribution in [1.29, 1.82) is 0 Å². The van der Waals surface area contributed by atoms with Gasteiger partial charge >= 0.3 is 0 Å². The van der Waals surface area contributed by atoms with Crippen molar-refractivity contribution >= 4 is 0 Å². The smallest absolute Gasteiger partial charge is 0.0504 e. The highest BCUT2D eigenvalue weighted by atomic mass is 19.2. The summed E-state index contributed by atoms with van der Waals surface area (Å²) in [5.74, 6) is 0.417. The Morgan fingerprint density at radius 1 is 1.78 bits per heavy atom. The van der Waals surface area contributed by atoms with Crippen molar-refractivity contribution in [1.82, 2.24) is 5.12 Å². The zero-order chi connectivity index (χ0) is 6.69. The SMILES string of the molecule is COCC1CCN(F)C1. The fourth-order valence-electron chi connectivity index (χ4n) is 1.16. The number of rotatable bonds is 2. The summed E-state index contributed by atoms with van der Waals surface area (Å²) in [7, 11) is 1.65. The highest BCUT2D eigenvalue weighted by molar-refractivity contribution is 4.69. The van der Waals surface area contributed by atoms with E-state index in [9.17, 15) is 4.48 Å². The number of hydrogen-bond acceptors (Lipinski definition) is 2. The first-order valence-corrected chi connectivity index (χ1v) is 3.22. The summed E-state index contributed by atoms with van der Waals surface area (Å²) >= 11 is 0. The Labute approximate surface area is 54.5 Å². The maximum absolute atomic E-state index is 12.3. The van der Waals surface area contributed by atoms with Crippen LogP contribution in [0.2, 0.25) is 0 Å². The quantitative estimate of drug-likeness (QED) is 0.517. The van der Waals surface area contributed by atoms with E-state index in [1.54, 1.807) is 7.11 Å². The van der Waals surface area contributed by atoms with E-state index >= 15 is 0 Å². The lowest BCUT2D eigenvalue weighted by atomic mass is 10.1. The van der Waals surface area contributed by atoms with Crippen LogP contribution >= 0.6 is 0 Å². The maximum Gasteiger partial charge on any atom is 0.0504 e. The van der Waals surface area contributed by atoms with Crippen molar-refractivity contribution in [3.8, 4) is 0 Å². The predicted molar refractivity (Wildman–Crippen MR) is 32.7 cm³/mol. The molecule has 0 saturated carbocycles. The lowest BCUT2D eigenvalue weighted by Crippen LogP contribution is -2.12. The fourth-order valence-corrected chi connectivity index (χ4v) is 1.16. The minimum atomic E-state index is 0.417. The van der Waals surface area contributed by atoms with Gasteiger partial charge in [0.15, 0.2) is 0 Å². The van der Waals surface area contributed by atoms with Crippen LogP contribution in [0, 0.1) is 5.92 Å². The molecule has 1 heterocycles. The van der Waals surface area contributed by atoms with Gasteiger partial charge in [0.25, 0.3) is 0 Å². The Morgan fingerprint density at radius 2 is 2.56 bits per heavy atom. The van der Waals surface area contributed by atoms with Gasteiger partial charge in [0.1, 0.15) is 0 Å². The van der Waals surface area contributed by atoms with Gasteiger partial charge in [-0.3, -0.25) is 0 Å². The number of halogens is 1. The van der Waals surface area contributed by atoms with E-state index in [1.807, 2.05) is 0 Å². The van der Waals surface area contributed by atoms with Crippen LogP contribution in [0.3, 0.4) is 0 Å². The van der Waals surface area contributed by atoms with Crippen molar-refractivity contribution < 1.29 is 9.22 Å². The Kier molecular flexibility index (Phi) is 2.42. The highest BCUT2D eigenvalue weighted by Crippen LogP contribution is 2.15. The topological polar surface area (TPSA) is 12.5 Å². The van der Waals surface area contributed by atoms with Gasteiger partial charge < -0.3 is 4.74 Å². The van der Waals surface area contributed by atoms with Gasteiger partial charge in [-0.2, -0.15) is 0 Å². The third-order valence-corrected chi connectivity index (χ3v) is 1.64. The lowest BCUT2D eigenvalue weighted by Gasteiger charge is -2.04. The van der Waals surface area contributed by atoms with Gasteiger partial charge in [-0.15, -0.1) is 9.60 Å². The minimum absolute atomic E-state index is 0.417. The molecule has 1 saturated heterocycles. The Morgan fingerprint density at radius 3 is 3.00 bits per heavy atom. The second-order valence-electron chi connectivity index (χ2n) is 2.48. The molecule has 0 bridgehead atoms. The average Bonchev–Trinajstić information content (AvgIpc) is 2.17. The molecule has 2 nitrogen and oxygen atoms in total. The standard InChI is InChI=1S/C6H12FNO/c1-9-5-6-2-3-8(7)4-6/h6H,2-5H2,1H3. The predicted octanol–water partition coefficient (Wildman–Crippen LogP) is 0.839. The number of hydrogen-bond donors (Lipinski definition) is 0. The molecule has 0 aromatic carbocycles. The third kappa shape index (κ3) is 1.91. The fraction of sp³-hybridized carbons (Fsp3) is 1.00. The first-order chi connectivity index (χ1) is 4.33. The van der Waals surface area contributed by atoms with Crippen LogP contribution in [0.5, 0.6) is 0 Å². The Bertz CT molecular complexity index is 87.1. The van der Waals surface area contributed by atoms with Crippen LogP contribution in [-0.2, 0) is 4.74 Å². The summed E-state index contributed by atoms with van der Waals surface area (Å²) in [6, 6.07) is 0. The molecule has 1 rings (SSSR count). The minimum Gasteiger partial charge on any atom is -0.384 e. The molecule has 1 aliphatic rings. The van der Waals surface area contributed by atoms with Crippen LogP contribution in [0.1, 0.15) is 6.42 Å². The zero-order valence-corrected chi connectivity index (χ0v) is 5.64. The van der Waals surface area contributed by atoms with Crippen LogP contribution in [-0.4, -0.2) is 31.9 Å². The van der Waals surface area contributed by atoms with E-state index in [1.165, 1.54) is 0 Å². The van der Waals surface area contributed by atoms with Crippen molar-refractivity contribution in [2.75, 3.05) is 26.8 Å². The number of nitrogens with zero attached hydrogens (tertiary/aromatic N) is 1. The van der Waals surface area contributed by atoms with Crippen LogP contribution < -0.4 is 0 Å². The largest absolute Gasteiger partial charge is 0.384 e. The highest BCUT2D eigenvalue weighted by Gasteiger charge is 2.21. The zero-order valence-electron chi connectivity index (χ0n) is 5.64. The average molecular weight is 133 g/mol. The van der Waals surface area contributed by atoms with Crippen LogP contribution in [0.4, 0.5) is 4.48 Å². The van der Waals surface area contributed by atoms with Gasteiger partial charge in [-0.25, -0.2) is 0 Å². The molecule has 0 amide bonds. The molecule has 3 heteroatoms. The molecule has 9 heavy (non-hydrogen) atoms.